The Balaban J connectivity index is 2.45. The highest BCUT2D eigenvalue weighted by Gasteiger charge is 2.23. The maximum absolute atomic E-state index is 12.0. The molecule has 0 aromatic rings. The zero-order valence-corrected chi connectivity index (χ0v) is 12.7. The van der Waals surface area contributed by atoms with Crippen molar-refractivity contribution in [1.82, 2.24) is 15.5 Å². The van der Waals surface area contributed by atoms with Gasteiger partial charge in [0.2, 0.25) is 5.91 Å². The van der Waals surface area contributed by atoms with Crippen molar-refractivity contribution in [3.05, 3.63) is 0 Å². The van der Waals surface area contributed by atoms with Gasteiger partial charge in [-0.3, -0.25) is 14.5 Å². The van der Waals surface area contributed by atoms with E-state index in [4.69, 9.17) is 5.11 Å². The molecule has 20 heavy (non-hydrogen) atoms. The third kappa shape index (κ3) is 7.45. The molecule has 6 heteroatoms. The summed E-state index contributed by atoms with van der Waals surface area (Å²) in [5, 5.41) is 15.1. The molecule has 6 nitrogen and oxygen atoms in total. The third-order valence-electron chi connectivity index (χ3n) is 3.22. The lowest BCUT2D eigenvalue weighted by Gasteiger charge is -2.29. The smallest absolute Gasteiger partial charge is 0.305 e. The molecule has 1 aliphatic rings. The highest BCUT2D eigenvalue weighted by molar-refractivity contribution is 5.79. The van der Waals surface area contributed by atoms with Crippen molar-refractivity contribution in [3.63, 3.8) is 0 Å². The fourth-order valence-corrected chi connectivity index (χ4v) is 2.47. The van der Waals surface area contributed by atoms with Gasteiger partial charge < -0.3 is 15.7 Å². The van der Waals surface area contributed by atoms with Crippen molar-refractivity contribution in [2.24, 2.45) is 5.41 Å². The van der Waals surface area contributed by atoms with Crippen molar-refractivity contribution in [1.29, 1.82) is 0 Å². The number of carbonyl (C=O) groups is 2. The predicted molar refractivity (Wildman–Crippen MR) is 77.6 cm³/mol. The Bertz CT molecular complexity index is 333. The van der Waals surface area contributed by atoms with Crippen LogP contribution in [-0.4, -0.2) is 60.6 Å². The van der Waals surface area contributed by atoms with E-state index in [-0.39, 0.29) is 23.8 Å². The third-order valence-corrected chi connectivity index (χ3v) is 3.22. The standard InChI is InChI=1S/C14H27N3O3/c1-14(2,3)9-11(8-13(19)20)16-12(18)10-17-6-4-15-5-7-17/h11,15H,4-10H2,1-3H3,(H,16,18)(H,19,20). The van der Waals surface area contributed by atoms with E-state index in [9.17, 15) is 9.59 Å². The van der Waals surface area contributed by atoms with Gasteiger partial charge in [-0.1, -0.05) is 20.8 Å². The van der Waals surface area contributed by atoms with Gasteiger partial charge in [-0.25, -0.2) is 0 Å². The highest BCUT2D eigenvalue weighted by Crippen LogP contribution is 2.22. The molecular formula is C14H27N3O3. The number of carboxylic acids is 1. The topological polar surface area (TPSA) is 81.7 Å². The number of nitrogens with one attached hydrogen (secondary N) is 2. The first-order chi connectivity index (χ1) is 9.26. The van der Waals surface area contributed by atoms with E-state index in [1.807, 2.05) is 20.8 Å². The summed E-state index contributed by atoms with van der Waals surface area (Å²) < 4.78 is 0. The van der Waals surface area contributed by atoms with E-state index in [1.54, 1.807) is 0 Å². The fraction of sp³-hybridized carbons (Fsp3) is 0.857. The van der Waals surface area contributed by atoms with Gasteiger partial charge >= 0.3 is 5.97 Å². The lowest BCUT2D eigenvalue weighted by molar-refractivity contribution is -0.138. The Morgan fingerprint density at radius 1 is 1.30 bits per heavy atom. The molecule has 1 heterocycles. The molecule has 0 aliphatic carbocycles. The zero-order chi connectivity index (χ0) is 15.2. The van der Waals surface area contributed by atoms with Crippen molar-refractivity contribution < 1.29 is 14.7 Å². The number of aliphatic carboxylic acids is 1. The SMILES string of the molecule is CC(C)(C)CC(CC(=O)O)NC(=O)CN1CCNCC1. The second-order valence-corrected chi connectivity index (χ2v) is 6.65. The molecular weight excluding hydrogens is 258 g/mol. The minimum atomic E-state index is -0.873. The molecule has 1 rings (SSSR count). The first-order valence-electron chi connectivity index (χ1n) is 7.20. The van der Waals surface area contributed by atoms with Crippen molar-refractivity contribution in [2.45, 2.75) is 39.7 Å². The Labute approximate surface area is 120 Å². The minimum absolute atomic E-state index is 0.0115. The first-order valence-corrected chi connectivity index (χ1v) is 7.20. The van der Waals surface area contributed by atoms with Crippen LogP contribution in [0, 0.1) is 5.41 Å². The summed E-state index contributed by atoms with van der Waals surface area (Å²) in [7, 11) is 0. The van der Waals surface area contributed by atoms with Crippen molar-refractivity contribution in [2.75, 3.05) is 32.7 Å². The first kappa shape index (κ1) is 16.9. The molecule has 116 valence electrons. The van der Waals surface area contributed by atoms with Crippen LogP contribution < -0.4 is 10.6 Å². The van der Waals surface area contributed by atoms with Gasteiger partial charge in [0.15, 0.2) is 0 Å². The fourth-order valence-electron chi connectivity index (χ4n) is 2.47. The van der Waals surface area contributed by atoms with Crippen molar-refractivity contribution >= 4 is 11.9 Å². The Morgan fingerprint density at radius 2 is 1.90 bits per heavy atom. The highest BCUT2D eigenvalue weighted by atomic mass is 16.4. The predicted octanol–water partition coefficient (Wildman–Crippen LogP) is 0.287. The van der Waals surface area contributed by atoms with Gasteiger partial charge in [0.25, 0.3) is 0 Å². The normalized spacial score (nSPS) is 18.6. The molecule has 1 aliphatic heterocycles. The molecule has 0 aromatic carbocycles. The van der Waals surface area contributed by atoms with Gasteiger partial charge in [-0.15, -0.1) is 0 Å². The lowest BCUT2D eigenvalue weighted by Crippen LogP contribution is -2.49. The summed E-state index contributed by atoms with van der Waals surface area (Å²) in [5.41, 5.74) is -0.0115. The van der Waals surface area contributed by atoms with Gasteiger partial charge in [0.1, 0.15) is 0 Å². The Hall–Kier alpha value is -1.14. The van der Waals surface area contributed by atoms with Crippen LogP contribution in [0.15, 0.2) is 0 Å². The van der Waals surface area contributed by atoms with E-state index in [0.29, 0.717) is 13.0 Å². The summed E-state index contributed by atoms with van der Waals surface area (Å²) in [6, 6.07) is -0.303. The molecule has 1 fully saturated rings. The van der Waals surface area contributed by atoms with Crippen LogP contribution in [0.4, 0.5) is 0 Å². The van der Waals surface area contributed by atoms with E-state index >= 15 is 0 Å². The van der Waals surface area contributed by atoms with Crippen LogP contribution in [0.5, 0.6) is 0 Å². The van der Waals surface area contributed by atoms with Crippen molar-refractivity contribution in [3.8, 4) is 0 Å². The van der Waals surface area contributed by atoms with Gasteiger partial charge in [0, 0.05) is 32.2 Å². The second kappa shape index (κ2) is 7.59. The van der Waals surface area contributed by atoms with Crippen LogP contribution in [0.25, 0.3) is 0 Å². The minimum Gasteiger partial charge on any atom is -0.481 e. The molecule has 1 unspecified atom stereocenters. The van der Waals surface area contributed by atoms with Crippen LogP contribution >= 0.6 is 0 Å². The van der Waals surface area contributed by atoms with E-state index < -0.39 is 5.97 Å². The molecule has 1 amide bonds. The van der Waals surface area contributed by atoms with E-state index in [2.05, 4.69) is 15.5 Å². The summed E-state index contributed by atoms with van der Waals surface area (Å²) in [6.45, 7) is 10.00. The van der Waals surface area contributed by atoms with Crippen LogP contribution in [0.2, 0.25) is 0 Å². The summed E-state index contributed by atoms with van der Waals surface area (Å²) >= 11 is 0. The van der Waals surface area contributed by atoms with E-state index in [0.717, 1.165) is 26.2 Å². The molecule has 1 saturated heterocycles. The Morgan fingerprint density at radius 3 is 2.40 bits per heavy atom. The number of rotatable bonds is 6. The molecule has 3 N–H and O–H groups in total. The molecule has 0 aromatic heterocycles. The van der Waals surface area contributed by atoms with Crippen LogP contribution in [-0.2, 0) is 9.59 Å². The maximum atomic E-state index is 12.0. The average molecular weight is 285 g/mol. The Kier molecular flexibility index (Phi) is 6.42. The van der Waals surface area contributed by atoms with Gasteiger partial charge in [-0.2, -0.15) is 0 Å². The summed E-state index contributed by atoms with van der Waals surface area (Å²) in [6.07, 6.45) is 0.636. The second-order valence-electron chi connectivity index (χ2n) is 6.65. The number of amides is 1. The molecule has 0 spiro atoms. The zero-order valence-electron chi connectivity index (χ0n) is 12.7. The number of piperazine rings is 1. The molecule has 0 bridgehead atoms. The van der Waals surface area contributed by atoms with Crippen LogP contribution in [0.3, 0.4) is 0 Å². The van der Waals surface area contributed by atoms with E-state index in [1.165, 1.54) is 0 Å². The van der Waals surface area contributed by atoms with Gasteiger partial charge in [0.05, 0.1) is 13.0 Å². The number of hydrogen-bond acceptors (Lipinski definition) is 4. The number of nitrogens with zero attached hydrogens (tertiary/aromatic N) is 1. The lowest BCUT2D eigenvalue weighted by atomic mass is 9.87. The number of carbonyl (C=O) groups excluding carboxylic acids is 1. The van der Waals surface area contributed by atoms with Crippen LogP contribution in [0.1, 0.15) is 33.6 Å². The molecule has 0 saturated carbocycles. The maximum Gasteiger partial charge on any atom is 0.305 e. The summed E-state index contributed by atoms with van der Waals surface area (Å²) in [4.78, 5) is 25.0. The number of carboxylic acid groups (broad SMARTS) is 1. The molecule has 0 radical (unpaired) electrons. The average Bonchev–Trinajstić information content (AvgIpc) is 2.26. The van der Waals surface area contributed by atoms with Gasteiger partial charge in [-0.05, 0) is 11.8 Å². The monoisotopic (exact) mass is 285 g/mol. The largest absolute Gasteiger partial charge is 0.481 e. The quantitative estimate of drug-likeness (QED) is 0.653. The molecule has 1 atom stereocenters. The number of hydrogen-bond donors (Lipinski definition) is 3. The summed E-state index contributed by atoms with van der Waals surface area (Å²) in [5.74, 6) is -0.955.